The summed E-state index contributed by atoms with van der Waals surface area (Å²) < 4.78 is 1.26. The van der Waals surface area contributed by atoms with Gasteiger partial charge in [-0.3, -0.25) is 0 Å². The average Bonchev–Trinajstić information content (AvgIpc) is 2.44. The minimum absolute atomic E-state index is 0.0156. The van der Waals surface area contributed by atoms with E-state index in [1.807, 2.05) is 20.8 Å². The molecule has 2 aromatic rings. The molecule has 0 aromatic carbocycles. The van der Waals surface area contributed by atoms with Gasteiger partial charge < -0.3 is 5.11 Å². The Hall–Kier alpha value is -0.870. The van der Waals surface area contributed by atoms with Crippen molar-refractivity contribution in [1.82, 2.24) is 9.97 Å². The zero-order valence-corrected chi connectivity index (χ0v) is 10.3. The first kappa shape index (κ1) is 10.6. The summed E-state index contributed by atoms with van der Waals surface area (Å²) in [6.45, 7) is 6.00. The van der Waals surface area contributed by atoms with E-state index in [0.29, 0.717) is 20.4 Å². The van der Waals surface area contributed by atoms with E-state index in [1.54, 1.807) is 6.07 Å². The Morgan fingerprint density at radius 1 is 1.33 bits per heavy atom. The van der Waals surface area contributed by atoms with Crippen molar-refractivity contribution in [3.05, 3.63) is 16.2 Å². The van der Waals surface area contributed by atoms with Gasteiger partial charge in [0.05, 0.1) is 9.85 Å². The lowest BCUT2D eigenvalue weighted by atomic mass is 9.96. The summed E-state index contributed by atoms with van der Waals surface area (Å²) in [5.74, 6) is 0.642. The number of halogens is 1. The van der Waals surface area contributed by atoms with Crippen LogP contribution in [0.5, 0.6) is 5.88 Å². The topological polar surface area (TPSA) is 46.0 Å². The van der Waals surface area contributed by atoms with Crippen molar-refractivity contribution in [3.63, 3.8) is 0 Å². The van der Waals surface area contributed by atoms with Gasteiger partial charge in [-0.1, -0.05) is 32.4 Å². The SMILES string of the molecule is CC(C)(C)c1nc(O)c2sc(Cl)cc2n1. The van der Waals surface area contributed by atoms with Gasteiger partial charge in [-0.15, -0.1) is 11.3 Å². The Balaban J connectivity index is 2.72. The van der Waals surface area contributed by atoms with Crippen LogP contribution in [0.25, 0.3) is 10.2 Å². The van der Waals surface area contributed by atoms with Gasteiger partial charge >= 0.3 is 0 Å². The van der Waals surface area contributed by atoms with Crippen molar-refractivity contribution in [2.45, 2.75) is 26.2 Å². The smallest absolute Gasteiger partial charge is 0.232 e. The van der Waals surface area contributed by atoms with Gasteiger partial charge in [-0.05, 0) is 6.07 Å². The highest BCUT2D eigenvalue weighted by Crippen LogP contribution is 2.34. The van der Waals surface area contributed by atoms with Crippen molar-refractivity contribution in [2.75, 3.05) is 0 Å². The van der Waals surface area contributed by atoms with Crippen LogP contribution in [0.15, 0.2) is 6.07 Å². The van der Waals surface area contributed by atoms with Gasteiger partial charge in [0.1, 0.15) is 10.5 Å². The quantitative estimate of drug-likeness (QED) is 0.771. The lowest BCUT2D eigenvalue weighted by molar-refractivity contribution is 0.445. The van der Waals surface area contributed by atoms with E-state index in [-0.39, 0.29) is 11.3 Å². The Morgan fingerprint density at radius 2 is 2.00 bits per heavy atom. The van der Waals surface area contributed by atoms with Crippen LogP contribution in [0.4, 0.5) is 0 Å². The fraction of sp³-hybridized carbons (Fsp3) is 0.400. The molecule has 2 aromatic heterocycles. The maximum atomic E-state index is 9.73. The minimum Gasteiger partial charge on any atom is -0.492 e. The lowest BCUT2D eigenvalue weighted by Crippen LogP contribution is -2.15. The molecule has 0 spiro atoms. The highest BCUT2D eigenvalue weighted by molar-refractivity contribution is 7.22. The molecule has 0 aliphatic rings. The number of rotatable bonds is 0. The fourth-order valence-corrected chi connectivity index (χ4v) is 2.27. The Labute approximate surface area is 96.7 Å². The number of nitrogens with zero attached hydrogens (tertiary/aromatic N) is 2. The van der Waals surface area contributed by atoms with Crippen LogP contribution in [0.2, 0.25) is 4.34 Å². The third-order valence-corrected chi connectivity index (χ3v) is 3.24. The molecular formula is C10H11ClN2OS. The first-order chi connectivity index (χ1) is 6.88. The van der Waals surface area contributed by atoms with Gasteiger partial charge in [-0.2, -0.15) is 4.98 Å². The highest BCUT2D eigenvalue weighted by Gasteiger charge is 2.20. The summed E-state index contributed by atoms with van der Waals surface area (Å²) in [7, 11) is 0. The summed E-state index contributed by atoms with van der Waals surface area (Å²) in [5, 5.41) is 9.73. The second-order valence-electron chi connectivity index (χ2n) is 4.39. The van der Waals surface area contributed by atoms with Crippen molar-refractivity contribution in [2.24, 2.45) is 0 Å². The largest absolute Gasteiger partial charge is 0.492 e. The van der Waals surface area contributed by atoms with Crippen LogP contribution in [0, 0.1) is 0 Å². The predicted octanol–water partition coefficient (Wildman–Crippen LogP) is 3.35. The van der Waals surface area contributed by atoms with Gasteiger partial charge in [0.15, 0.2) is 0 Å². The monoisotopic (exact) mass is 242 g/mol. The van der Waals surface area contributed by atoms with Crippen LogP contribution < -0.4 is 0 Å². The number of aromatic hydroxyl groups is 1. The molecule has 1 N–H and O–H groups in total. The number of fused-ring (bicyclic) bond motifs is 1. The molecule has 0 aliphatic heterocycles. The fourth-order valence-electron chi connectivity index (χ4n) is 1.22. The Morgan fingerprint density at radius 3 is 2.60 bits per heavy atom. The molecule has 0 amide bonds. The van der Waals surface area contributed by atoms with Crippen LogP contribution in [-0.2, 0) is 5.41 Å². The molecule has 15 heavy (non-hydrogen) atoms. The molecule has 0 saturated heterocycles. The van der Waals surface area contributed by atoms with E-state index in [9.17, 15) is 5.11 Å². The van der Waals surface area contributed by atoms with Crippen LogP contribution in [0.1, 0.15) is 26.6 Å². The molecule has 2 rings (SSSR count). The molecule has 80 valence electrons. The van der Waals surface area contributed by atoms with Gasteiger partial charge in [0.25, 0.3) is 0 Å². The summed E-state index contributed by atoms with van der Waals surface area (Å²) >= 11 is 7.15. The van der Waals surface area contributed by atoms with Crippen molar-refractivity contribution >= 4 is 33.2 Å². The zero-order valence-electron chi connectivity index (χ0n) is 8.71. The molecule has 0 bridgehead atoms. The van der Waals surface area contributed by atoms with E-state index >= 15 is 0 Å². The molecule has 3 nitrogen and oxygen atoms in total. The average molecular weight is 243 g/mol. The standard InChI is InChI=1S/C10H11ClN2OS/c1-10(2,3)9-12-5-4-6(11)15-7(5)8(14)13-9/h4H,1-3H3,(H,12,13,14). The molecule has 2 heterocycles. The Kier molecular flexibility index (Phi) is 2.35. The number of aromatic nitrogens is 2. The molecule has 0 fully saturated rings. The Bertz CT molecular complexity index is 516. The second kappa shape index (κ2) is 3.32. The molecular weight excluding hydrogens is 232 g/mol. The van der Waals surface area contributed by atoms with E-state index in [2.05, 4.69) is 9.97 Å². The molecule has 5 heteroatoms. The lowest BCUT2D eigenvalue weighted by Gasteiger charge is -2.16. The number of hydrogen-bond donors (Lipinski definition) is 1. The normalized spacial score (nSPS) is 12.3. The zero-order chi connectivity index (χ0) is 11.2. The van der Waals surface area contributed by atoms with E-state index in [1.165, 1.54) is 11.3 Å². The van der Waals surface area contributed by atoms with E-state index in [0.717, 1.165) is 0 Å². The summed E-state index contributed by atoms with van der Waals surface area (Å²) in [6, 6.07) is 1.75. The van der Waals surface area contributed by atoms with Gasteiger partial charge in [0.2, 0.25) is 5.88 Å². The van der Waals surface area contributed by atoms with Gasteiger partial charge in [0, 0.05) is 5.41 Å². The molecule has 0 saturated carbocycles. The van der Waals surface area contributed by atoms with Crippen LogP contribution in [-0.4, -0.2) is 15.1 Å². The van der Waals surface area contributed by atoms with Crippen LogP contribution in [0.3, 0.4) is 0 Å². The molecule has 0 radical (unpaired) electrons. The first-order valence-corrected chi connectivity index (χ1v) is 5.74. The van der Waals surface area contributed by atoms with E-state index < -0.39 is 0 Å². The van der Waals surface area contributed by atoms with Crippen molar-refractivity contribution in [1.29, 1.82) is 0 Å². The van der Waals surface area contributed by atoms with Gasteiger partial charge in [-0.25, -0.2) is 4.98 Å². The highest BCUT2D eigenvalue weighted by atomic mass is 35.5. The first-order valence-electron chi connectivity index (χ1n) is 4.54. The van der Waals surface area contributed by atoms with Crippen molar-refractivity contribution in [3.8, 4) is 5.88 Å². The van der Waals surface area contributed by atoms with E-state index in [4.69, 9.17) is 11.6 Å². The predicted molar refractivity (Wildman–Crippen MR) is 62.8 cm³/mol. The third kappa shape index (κ3) is 1.92. The third-order valence-electron chi connectivity index (χ3n) is 1.99. The molecule has 0 aliphatic carbocycles. The maximum Gasteiger partial charge on any atom is 0.232 e. The summed E-state index contributed by atoms with van der Waals surface area (Å²) in [5.41, 5.74) is 0.530. The second-order valence-corrected chi connectivity index (χ2v) is 6.07. The minimum atomic E-state index is -0.180. The molecule has 0 atom stereocenters. The summed E-state index contributed by atoms with van der Waals surface area (Å²) in [4.78, 5) is 8.47. The number of hydrogen-bond acceptors (Lipinski definition) is 4. The maximum absolute atomic E-state index is 9.73. The van der Waals surface area contributed by atoms with Crippen molar-refractivity contribution < 1.29 is 5.11 Å². The summed E-state index contributed by atoms with van der Waals surface area (Å²) in [6.07, 6.45) is 0. The number of thiophene rings is 1. The van der Waals surface area contributed by atoms with Crippen LogP contribution >= 0.6 is 22.9 Å². The molecule has 0 unspecified atom stereocenters.